The van der Waals surface area contributed by atoms with Crippen LogP contribution in [0.5, 0.6) is 0 Å². The maximum absolute atomic E-state index is 13.1. The van der Waals surface area contributed by atoms with Gasteiger partial charge in [-0.2, -0.15) is 0 Å². The van der Waals surface area contributed by atoms with Gasteiger partial charge in [-0.05, 0) is 45.7 Å². The summed E-state index contributed by atoms with van der Waals surface area (Å²) in [6, 6.07) is 4.51. The van der Waals surface area contributed by atoms with Crippen molar-refractivity contribution in [2.75, 3.05) is 79.1 Å². The van der Waals surface area contributed by atoms with Gasteiger partial charge < -0.3 is 39.5 Å². The minimum atomic E-state index is -1.24. The number of hydrogen-bond acceptors (Lipinski definition) is 12. The van der Waals surface area contributed by atoms with Crippen LogP contribution in [0.3, 0.4) is 0 Å². The minimum Gasteiger partial charge on any atom is -0.444 e. The van der Waals surface area contributed by atoms with Gasteiger partial charge in [0.1, 0.15) is 24.5 Å². The highest BCUT2D eigenvalue weighted by atomic mass is 28.3. The van der Waals surface area contributed by atoms with E-state index in [-0.39, 0.29) is 18.1 Å². The maximum Gasteiger partial charge on any atom is 0.407 e. The van der Waals surface area contributed by atoms with Crippen LogP contribution in [0, 0.1) is 0 Å². The van der Waals surface area contributed by atoms with Crippen molar-refractivity contribution in [1.29, 1.82) is 0 Å². The van der Waals surface area contributed by atoms with Gasteiger partial charge in [-0.15, -0.1) is 0 Å². The SMILES string of the molecule is CC(C)(C)OC(=O)NC1CN(c2ccnc(NC(=O)NC3CCN(c4nc5c(N6CCOCC6)ncnc5n4COCC[Si](C)(C)C)CC3)c2)C1. The summed E-state index contributed by atoms with van der Waals surface area (Å²) in [6.45, 7) is 19.2. The summed E-state index contributed by atoms with van der Waals surface area (Å²) in [6.07, 6.45) is 4.37. The molecule has 3 amide bonds. The summed E-state index contributed by atoms with van der Waals surface area (Å²) < 4.78 is 19.2. The van der Waals surface area contributed by atoms with Crippen LogP contribution in [-0.2, 0) is 20.9 Å². The zero-order chi connectivity index (χ0) is 36.2. The molecule has 3 aliphatic heterocycles. The second kappa shape index (κ2) is 15.6. The second-order valence-electron chi connectivity index (χ2n) is 15.7. The predicted molar refractivity (Wildman–Crippen MR) is 199 cm³/mol. The Morgan fingerprint density at radius 3 is 2.41 bits per heavy atom. The lowest BCUT2D eigenvalue weighted by atomic mass is 10.1. The van der Waals surface area contributed by atoms with E-state index >= 15 is 0 Å². The van der Waals surface area contributed by atoms with Gasteiger partial charge in [0, 0.05) is 77.9 Å². The molecule has 3 saturated heterocycles. The Balaban J connectivity index is 1.04. The first-order valence-corrected chi connectivity index (χ1v) is 21.7. The number of urea groups is 1. The molecule has 0 radical (unpaired) electrons. The van der Waals surface area contributed by atoms with Crippen LogP contribution < -0.4 is 30.7 Å². The third-order valence-electron chi connectivity index (χ3n) is 9.09. The molecule has 0 aromatic carbocycles. The van der Waals surface area contributed by atoms with Gasteiger partial charge in [-0.1, -0.05) is 19.6 Å². The van der Waals surface area contributed by atoms with Crippen molar-refractivity contribution in [2.45, 2.75) is 83.7 Å². The van der Waals surface area contributed by atoms with E-state index in [1.165, 1.54) is 0 Å². The van der Waals surface area contributed by atoms with Crippen LogP contribution in [-0.4, -0.2) is 121 Å². The lowest BCUT2D eigenvalue weighted by Crippen LogP contribution is -2.60. The van der Waals surface area contributed by atoms with Gasteiger partial charge in [0.25, 0.3) is 0 Å². The van der Waals surface area contributed by atoms with E-state index in [2.05, 4.69) is 69.8 Å². The van der Waals surface area contributed by atoms with Crippen molar-refractivity contribution in [3.63, 3.8) is 0 Å². The standard InChI is InChI=1S/C34H53N11O5Si/c1-34(2,3)50-33(47)39-25-20-44(21-25)26-7-10-35-27(19-26)40-31(46)38-24-8-11-43(12-9-24)32-41-28-29(42-13-15-48-16-14-42)36-22-37-30(28)45(32)23-49-17-18-51(4,5)6/h7,10,19,22,24-25H,8-9,11-18,20-21,23H2,1-6H3,(H,39,47)(H2,35,38,40,46). The fourth-order valence-electron chi connectivity index (χ4n) is 6.32. The van der Waals surface area contributed by atoms with Crippen LogP contribution in [0.2, 0.25) is 25.7 Å². The van der Waals surface area contributed by atoms with Crippen LogP contribution in [0.25, 0.3) is 11.2 Å². The van der Waals surface area contributed by atoms with Gasteiger partial charge in [0.15, 0.2) is 17.0 Å². The molecular weight excluding hydrogens is 671 g/mol. The molecule has 16 nitrogen and oxygen atoms in total. The molecule has 3 aliphatic rings. The average molecular weight is 724 g/mol. The zero-order valence-electron chi connectivity index (χ0n) is 30.8. The highest BCUT2D eigenvalue weighted by molar-refractivity contribution is 6.76. The monoisotopic (exact) mass is 723 g/mol. The number of pyridine rings is 1. The summed E-state index contributed by atoms with van der Waals surface area (Å²) in [5.41, 5.74) is 1.91. The largest absolute Gasteiger partial charge is 0.444 e. The molecule has 6 heterocycles. The van der Waals surface area contributed by atoms with E-state index in [4.69, 9.17) is 19.2 Å². The normalized spacial score (nSPS) is 17.7. The number of nitrogens with one attached hydrogen (secondary N) is 3. The van der Waals surface area contributed by atoms with Gasteiger partial charge in [0.05, 0.1) is 19.3 Å². The molecule has 278 valence electrons. The third kappa shape index (κ3) is 9.77. The van der Waals surface area contributed by atoms with Crippen molar-refractivity contribution in [1.82, 2.24) is 35.1 Å². The molecule has 3 aromatic rings. The number of amides is 3. The number of aromatic nitrogens is 5. The van der Waals surface area contributed by atoms with Crippen molar-refractivity contribution < 1.29 is 23.8 Å². The molecule has 0 spiro atoms. The predicted octanol–water partition coefficient (Wildman–Crippen LogP) is 3.87. The molecule has 0 saturated carbocycles. The van der Waals surface area contributed by atoms with Crippen LogP contribution in [0.4, 0.5) is 32.9 Å². The maximum atomic E-state index is 13.1. The Labute approximate surface area is 300 Å². The number of ether oxygens (including phenoxy) is 3. The van der Waals surface area contributed by atoms with Gasteiger partial charge >= 0.3 is 12.1 Å². The van der Waals surface area contributed by atoms with E-state index in [0.717, 1.165) is 60.6 Å². The smallest absolute Gasteiger partial charge is 0.407 e. The topological polar surface area (TPSA) is 164 Å². The summed E-state index contributed by atoms with van der Waals surface area (Å²) in [5, 5.41) is 8.93. The molecule has 0 unspecified atom stereocenters. The van der Waals surface area contributed by atoms with Crippen molar-refractivity contribution in [2.24, 2.45) is 0 Å². The molecule has 3 fully saturated rings. The molecule has 3 aromatic heterocycles. The Morgan fingerprint density at radius 1 is 0.961 bits per heavy atom. The van der Waals surface area contributed by atoms with E-state index < -0.39 is 19.8 Å². The molecular formula is C34H53N11O5Si. The van der Waals surface area contributed by atoms with Crippen LogP contribution in [0.15, 0.2) is 24.7 Å². The van der Waals surface area contributed by atoms with Crippen molar-refractivity contribution in [3.05, 3.63) is 24.7 Å². The fraction of sp³-hybridized carbons (Fsp3) is 0.647. The fourth-order valence-corrected chi connectivity index (χ4v) is 7.07. The number of fused-ring (bicyclic) bond motifs is 1. The number of hydrogen-bond donors (Lipinski definition) is 3. The van der Waals surface area contributed by atoms with E-state index in [9.17, 15) is 9.59 Å². The highest BCUT2D eigenvalue weighted by Gasteiger charge is 2.31. The van der Waals surface area contributed by atoms with Crippen molar-refractivity contribution in [3.8, 4) is 0 Å². The van der Waals surface area contributed by atoms with Gasteiger partial charge in [-0.3, -0.25) is 9.88 Å². The molecule has 51 heavy (non-hydrogen) atoms. The van der Waals surface area contributed by atoms with Gasteiger partial charge in [-0.25, -0.2) is 29.5 Å². The second-order valence-corrected chi connectivity index (χ2v) is 21.3. The molecule has 0 atom stereocenters. The first-order chi connectivity index (χ1) is 24.3. The first kappa shape index (κ1) is 36.6. The third-order valence-corrected chi connectivity index (χ3v) is 10.8. The quantitative estimate of drug-likeness (QED) is 0.194. The Hall–Kier alpha value is -4.22. The minimum absolute atomic E-state index is 0.00252. The molecule has 6 rings (SSSR count). The van der Waals surface area contributed by atoms with Gasteiger partial charge in [0.2, 0.25) is 5.95 Å². The highest BCUT2D eigenvalue weighted by Crippen LogP contribution is 2.30. The number of alkyl carbamates (subject to hydrolysis) is 1. The number of morpholine rings is 1. The molecule has 3 N–H and O–H groups in total. The Morgan fingerprint density at radius 2 is 1.71 bits per heavy atom. The van der Waals surface area contributed by atoms with E-state index in [1.807, 2.05) is 32.9 Å². The Bertz CT molecular complexity index is 1660. The summed E-state index contributed by atoms with van der Waals surface area (Å²) in [5.74, 6) is 2.10. The molecule has 17 heteroatoms. The number of piperidine rings is 1. The number of carbonyl (C=O) groups is 2. The van der Waals surface area contributed by atoms with Crippen LogP contribution in [0.1, 0.15) is 33.6 Å². The summed E-state index contributed by atoms with van der Waals surface area (Å²) in [7, 11) is -1.24. The number of nitrogens with zero attached hydrogens (tertiary/aromatic N) is 8. The van der Waals surface area contributed by atoms with E-state index in [0.29, 0.717) is 58.5 Å². The summed E-state index contributed by atoms with van der Waals surface area (Å²) >= 11 is 0. The number of carbonyl (C=O) groups excluding carboxylic acids is 2. The number of imidazole rings is 1. The van der Waals surface area contributed by atoms with E-state index in [1.54, 1.807) is 12.5 Å². The number of rotatable bonds is 11. The van der Waals surface area contributed by atoms with Crippen molar-refractivity contribution >= 4 is 54.6 Å². The number of anilines is 4. The molecule has 0 aliphatic carbocycles. The lowest BCUT2D eigenvalue weighted by molar-refractivity contribution is 0.0496. The summed E-state index contributed by atoms with van der Waals surface area (Å²) in [4.78, 5) is 50.5. The average Bonchev–Trinajstić information content (AvgIpc) is 3.43. The molecule has 0 bridgehead atoms. The van der Waals surface area contributed by atoms with Crippen LogP contribution >= 0.6 is 0 Å². The lowest BCUT2D eigenvalue weighted by Gasteiger charge is -2.41. The zero-order valence-corrected chi connectivity index (χ0v) is 31.8. The first-order valence-electron chi connectivity index (χ1n) is 18.0. The Kier molecular flexibility index (Phi) is 11.2.